The van der Waals surface area contributed by atoms with E-state index in [4.69, 9.17) is 23.2 Å². The number of rotatable bonds is 2. The van der Waals surface area contributed by atoms with Gasteiger partial charge >= 0.3 is 227 Å². The summed E-state index contributed by atoms with van der Waals surface area (Å²) in [6, 6.07) is 8.11. The molecule has 1 saturated carbocycles. The van der Waals surface area contributed by atoms with E-state index >= 15 is 0 Å². The standard InChI is InChI=1S/C28H36Cl2N2O2.ClH.Mn/c1-27(2,3)21-13-19(29)11-17(25(21)33)15-31-23-9-7-8-10-24(23)32-16-18-12-20(30)14-22(26(18)34)28(4,5)6;;/h11-16,23-24,33-34H,7-10H2,1-6H3;1H;/q;;+2/p-1/t23-,24-;;/m1../s1. The Kier molecular flexibility index (Phi) is 8.85. The summed E-state index contributed by atoms with van der Waals surface area (Å²) < 4.78 is 4.71. The van der Waals surface area contributed by atoms with Crippen LogP contribution in [0.15, 0.2) is 24.3 Å². The van der Waals surface area contributed by atoms with E-state index in [1.807, 2.05) is 24.3 Å². The number of phenols is 2. The molecule has 0 spiro atoms. The van der Waals surface area contributed by atoms with Gasteiger partial charge in [0.2, 0.25) is 0 Å². The molecule has 0 unspecified atom stereocenters. The Morgan fingerprint density at radius 3 is 1.44 bits per heavy atom. The fourth-order valence-corrected chi connectivity index (χ4v) is 7.26. The summed E-state index contributed by atoms with van der Waals surface area (Å²) in [6.07, 6.45) is 8.73. The van der Waals surface area contributed by atoms with Crippen molar-refractivity contribution >= 4 is 35.6 Å². The van der Waals surface area contributed by atoms with Gasteiger partial charge in [-0.25, -0.2) is 0 Å². The Balaban J connectivity index is 0.00000361. The van der Waals surface area contributed by atoms with Gasteiger partial charge in [-0.15, -0.1) is 0 Å². The predicted molar refractivity (Wildman–Crippen MR) is 141 cm³/mol. The maximum atomic E-state index is 11.1. The first-order valence-corrected chi connectivity index (χ1v) is 14.0. The monoisotopic (exact) mass is 592 g/mol. The molecular weight excluding hydrogens is 558 g/mol. The first-order chi connectivity index (χ1) is 16.3. The van der Waals surface area contributed by atoms with Crippen LogP contribution in [0.5, 0.6) is 11.5 Å². The molecule has 2 aliphatic rings. The molecule has 1 aliphatic heterocycles. The normalized spacial score (nSPS) is 22.6. The largest absolute Gasteiger partial charge is 1.00 e. The molecule has 8 heteroatoms. The minimum atomic E-state index is -0.215. The first-order valence-electron chi connectivity index (χ1n) is 12.2. The Morgan fingerprint density at radius 2 is 1.11 bits per heavy atom. The second kappa shape index (κ2) is 10.9. The van der Waals surface area contributed by atoms with Crippen LogP contribution >= 0.6 is 23.2 Å². The van der Waals surface area contributed by atoms with E-state index in [0.29, 0.717) is 49.0 Å². The van der Waals surface area contributed by atoms with Gasteiger partial charge in [-0.2, -0.15) is 0 Å². The van der Waals surface area contributed by atoms with Gasteiger partial charge in [0.1, 0.15) is 0 Å². The van der Waals surface area contributed by atoms with Crippen LogP contribution in [0.4, 0.5) is 0 Å². The molecule has 4 nitrogen and oxygen atoms in total. The SMILES string of the molecule is CC(C)(C)c1cc(Cl)cc(C=[N+]2[Mn][N+](=Cc3cc(Cl)cc(C(C)(C)C)c3O)[C@@H]3CCCC[C@H]32)c1O.[Cl-]. The second-order valence-electron chi connectivity index (χ2n) is 11.7. The van der Waals surface area contributed by atoms with Crippen molar-refractivity contribution in [2.45, 2.75) is 90.1 Å². The molecule has 2 fully saturated rings. The van der Waals surface area contributed by atoms with Crippen molar-refractivity contribution in [1.82, 2.24) is 0 Å². The maximum absolute atomic E-state index is 11.1. The Labute approximate surface area is 238 Å². The molecule has 0 bridgehead atoms. The Morgan fingerprint density at radius 1 is 0.750 bits per heavy atom. The van der Waals surface area contributed by atoms with Gasteiger partial charge in [0.25, 0.3) is 0 Å². The van der Waals surface area contributed by atoms with E-state index in [-0.39, 0.29) is 23.2 Å². The molecule has 2 aromatic carbocycles. The average molecular weight is 594 g/mol. The van der Waals surface area contributed by atoms with Crippen LogP contribution in [0, 0.1) is 0 Å². The van der Waals surface area contributed by atoms with Gasteiger partial charge < -0.3 is 12.4 Å². The van der Waals surface area contributed by atoms with E-state index < -0.39 is 0 Å². The zero-order chi connectivity index (χ0) is 25.7. The van der Waals surface area contributed by atoms with Crippen molar-refractivity contribution < 1.29 is 45.2 Å². The topological polar surface area (TPSA) is 46.5 Å². The fraction of sp³-hybridized carbons (Fsp3) is 0.500. The molecule has 36 heavy (non-hydrogen) atoms. The summed E-state index contributed by atoms with van der Waals surface area (Å²) >= 11 is 13.3. The van der Waals surface area contributed by atoms with Crippen LogP contribution in [0.2, 0.25) is 10.0 Å². The third kappa shape index (κ3) is 6.08. The van der Waals surface area contributed by atoms with Crippen LogP contribution in [-0.4, -0.2) is 41.9 Å². The minimum absolute atomic E-state index is 0. The van der Waals surface area contributed by atoms with Crippen molar-refractivity contribution in [2.75, 3.05) is 0 Å². The predicted octanol–water partition coefficient (Wildman–Crippen LogP) is 3.80. The molecule has 197 valence electrons. The summed E-state index contributed by atoms with van der Waals surface area (Å²) in [4.78, 5) is 0. The molecule has 1 aliphatic carbocycles. The molecule has 4 rings (SSSR count). The van der Waals surface area contributed by atoms with Crippen molar-refractivity contribution in [3.63, 3.8) is 0 Å². The zero-order valence-electron chi connectivity index (χ0n) is 21.7. The molecule has 1 heterocycles. The molecule has 0 amide bonds. The molecule has 2 aromatic rings. The molecule has 2 atom stereocenters. The van der Waals surface area contributed by atoms with Gasteiger partial charge in [-0.1, -0.05) is 0 Å². The van der Waals surface area contributed by atoms with Gasteiger partial charge in [0.05, 0.1) is 0 Å². The minimum Gasteiger partial charge on any atom is -1.00 e. The van der Waals surface area contributed by atoms with Gasteiger partial charge in [-0.05, 0) is 0 Å². The molecule has 1 saturated heterocycles. The van der Waals surface area contributed by atoms with Crippen molar-refractivity contribution in [2.24, 2.45) is 0 Å². The smallest absolute Gasteiger partial charge is 1.00 e. The number of aromatic hydroxyl groups is 2. The Bertz CT molecular complexity index is 1120. The Hall–Kier alpha value is -1.23. The van der Waals surface area contributed by atoms with Crippen LogP contribution in [-0.2, 0) is 26.2 Å². The molecule has 0 radical (unpaired) electrons. The number of phenolic OH excluding ortho intramolecular Hbond substituents is 2. The average Bonchev–Trinajstić information content (AvgIpc) is 3.08. The number of nitrogens with zero attached hydrogens (tertiary/aromatic N) is 2. The molecule has 0 aromatic heterocycles. The van der Waals surface area contributed by atoms with Gasteiger partial charge in [0, 0.05) is 0 Å². The van der Waals surface area contributed by atoms with Gasteiger partial charge in [-0.3, -0.25) is 0 Å². The number of fused-ring (bicyclic) bond motifs is 1. The summed E-state index contributed by atoms with van der Waals surface area (Å²) in [5.74, 6) is 0.591. The quantitative estimate of drug-likeness (QED) is 0.521. The van der Waals surface area contributed by atoms with E-state index in [9.17, 15) is 10.2 Å². The zero-order valence-corrected chi connectivity index (χ0v) is 25.2. The summed E-state index contributed by atoms with van der Waals surface area (Å²) in [6.45, 7) is 12.5. The third-order valence-electron chi connectivity index (χ3n) is 6.85. The van der Waals surface area contributed by atoms with Crippen LogP contribution in [0.1, 0.15) is 89.5 Å². The van der Waals surface area contributed by atoms with Crippen molar-refractivity contribution in [3.05, 3.63) is 56.6 Å². The number of hydrogen-bond acceptors (Lipinski definition) is 2. The first kappa shape index (κ1) is 29.3. The maximum Gasteiger partial charge on any atom is -1.00 e. The summed E-state index contributed by atoms with van der Waals surface area (Å²) in [5, 5.41) is 23.5. The van der Waals surface area contributed by atoms with Crippen LogP contribution in [0.3, 0.4) is 0 Å². The van der Waals surface area contributed by atoms with E-state index in [1.54, 1.807) is 0 Å². The molecular formula is C28H36Cl3MnN2O2+. The number of hydrogen-bond donors (Lipinski definition) is 2. The van der Waals surface area contributed by atoms with Crippen molar-refractivity contribution in [1.29, 1.82) is 0 Å². The number of halogens is 3. The third-order valence-corrected chi connectivity index (χ3v) is 8.92. The number of benzene rings is 2. The second-order valence-corrected chi connectivity index (χ2v) is 14.1. The van der Waals surface area contributed by atoms with Gasteiger partial charge in [0.15, 0.2) is 0 Å². The summed E-state index contributed by atoms with van der Waals surface area (Å²) in [7, 11) is 0. The van der Waals surface area contributed by atoms with Crippen LogP contribution < -0.4 is 12.4 Å². The molecule has 2 N–H and O–H groups in total. The van der Waals surface area contributed by atoms with Crippen LogP contribution in [0.25, 0.3) is 0 Å². The summed E-state index contributed by atoms with van der Waals surface area (Å²) in [5.41, 5.74) is 2.77. The van der Waals surface area contributed by atoms with E-state index in [0.717, 1.165) is 35.1 Å². The van der Waals surface area contributed by atoms with Crippen molar-refractivity contribution in [3.8, 4) is 11.5 Å². The van der Waals surface area contributed by atoms with E-state index in [2.05, 4.69) is 61.2 Å². The fourth-order valence-electron chi connectivity index (χ4n) is 4.96. The van der Waals surface area contributed by atoms with E-state index in [1.165, 1.54) is 12.8 Å².